The molecular weight excluding hydrogens is 157 g/mol. The first-order chi connectivity index (χ1) is 5.83. The van der Waals surface area contributed by atoms with Crippen molar-refractivity contribution in [3.05, 3.63) is 29.8 Å². The molecule has 0 aliphatic rings. The Labute approximate surface area is 69.4 Å². The Hall–Kier alpha value is -1.69. The zero-order chi connectivity index (χ0) is 8.81. The SMILES string of the molecule is O=CCC#Cc1ccnc(F)c1. The topological polar surface area (TPSA) is 30.0 Å². The van der Waals surface area contributed by atoms with Gasteiger partial charge in [-0.2, -0.15) is 4.39 Å². The summed E-state index contributed by atoms with van der Waals surface area (Å²) in [4.78, 5) is 13.2. The van der Waals surface area contributed by atoms with Crippen LogP contribution < -0.4 is 0 Å². The Balaban J connectivity index is 2.77. The predicted molar refractivity (Wildman–Crippen MR) is 41.8 cm³/mol. The Morgan fingerprint density at radius 1 is 1.67 bits per heavy atom. The van der Waals surface area contributed by atoms with Gasteiger partial charge < -0.3 is 4.79 Å². The minimum Gasteiger partial charge on any atom is -0.302 e. The van der Waals surface area contributed by atoms with Gasteiger partial charge in [0.15, 0.2) is 0 Å². The standard InChI is InChI=1S/C9H6FNO/c10-9-7-8(4-5-11-9)3-1-2-6-12/h4-7H,2H2. The van der Waals surface area contributed by atoms with Crippen molar-refractivity contribution in [1.82, 2.24) is 4.98 Å². The molecule has 0 saturated heterocycles. The highest BCUT2D eigenvalue weighted by atomic mass is 19.1. The third-order valence-electron chi connectivity index (χ3n) is 1.14. The van der Waals surface area contributed by atoms with Crippen LogP contribution in [0.1, 0.15) is 12.0 Å². The molecule has 0 aromatic carbocycles. The van der Waals surface area contributed by atoms with E-state index in [0.717, 1.165) is 0 Å². The van der Waals surface area contributed by atoms with Crippen LogP contribution in [-0.2, 0) is 4.79 Å². The second-order valence-corrected chi connectivity index (χ2v) is 2.04. The Morgan fingerprint density at radius 2 is 2.50 bits per heavy atom. The van der Waals surface area contributed by atoms with Gasteiger partial charge in [-0.15, -0.1) is 0 Å². The first-order valence-corrected chi connectivity index (χ1v) is 3.37. The number of halogens is 1. The van der Waals surface area contributed by atoms with E-state index in [4.69, 9.17) is 0 Å². The number of hydrogen-bond acceptors (Lipinski definition) is 2. The van der Waals surface area contributed by atoms with Crippen LogP contribution in [0.3, 0.4) is 0 Å². The first-order valence-electron chi connectivity index (χ1n) is 3.37. The molecule has 0 atom stereocenters. The van der Waals surface area contributed by atoms with Gasteiger partial charge in [-0.05, 0) is 6.07 Å². The van der Waals surface area contributed by atoms with Gasteiger partial charge >= 0.3 is 0 Å². The number of carbonyl (C=O) groups is 1. The maximum absolute atomic E-state index is 12.4. The summed E-state index contributed by atoms with van der Waals surface area (Å²) in [6.45, 7) is 0. The van der Waals surface area contributed by atoms with E-state index < -0.39 is 5.95 Å². The van der Waals surface area contributed by atoms with Crippen LogP contribution in [0.2, 0.25) is 0 Å². The lowest BCUT2D eigenvalue weighted by Gasteiger charge is -1.87. The van der Waals surface area contributed by atoms with E-state index in [1.165, 1.54) is 12.3 Å². The number of nitrogens with zero attached hydrogens (tertiary/aromatic N) is 1. The summed E-state index contributed by atoms with van der Waals surface area (Å²) in [5.74, 6) is 4.63. The summed E-state index contributed by atoms with van der Waals surface area (Å²) in [6.07, 6.45) is 2.20. The normalized spacial score (nSPS) is 8.42. The second kappa shape index (κ2) is 4.24. The highest BCUT2D eigenvalue weighted by Crippen LogP contribution is 1.97. The van der Waals surface area contributed by atoms with Crippen LogP contribution in [0.5, 0.6) is 0 Å². The van der Waals surface area contributed by atoms with Gasteiger partial charge in [-0.25, -0.2) is 4.98 Å². The molecule has 0 unspecified atom stereocenters. The molecule has 0 aliphatic carbocycles. The number of aromatic nitrogens is 1. The molecular formula is C9H6FNO. The Bertz CT molecular complexity index is 338. The zero-order valence-corrected chi connectivity index (χ0v) is 6.25. The van der Waals surface area contributed by atoms with Crippen molar-refractivity contribution in [2.75, 3.05) is 0 Å². The monoisotopic (exact) mass is 163 g/mol. The number of rotatable bonds is 1. The zero-order valence-electron chi connectivity index (χ0n) is 6.25. The fourth-order valence-corrected chi connectivity index (χ4v) is 0.675. The first kappa shape index (κ1) is 8.41. The smallest absolute Gasteiger partial charge is 0.214 e. The maximum Gasteiger partial charge on any atom is 0.214 e. The average Bonchev–Trinajstić information content (AvgIpc) is 2.05. The van der Waals surface area contributed by atoms with E-state index in [0.29, 0.717) is 11.8 Å². The van der Waals surface area contributed by atoms with Crippen molar-refractivity contribution < 1.29 is 9.18 Å². The van der Waals surface area contributed by atoms with Gasteiger partial charge in [0.25, 0.3) is 0 Å². The van der Waals surface area contributed by atoms with Gasteiger partial charge in [0.1, 0.15) is 6.29 Å². The van der Waals surface area contributed by atoms with E-state index in [2.05, 4.69) is 16.8 Å². The van der Waals surface area contributed by atoms with Crippen LogP contribution in [0.25, 0.3) is 0 Å². The Kier molecular flexibility index (Phi) is 2.97. The minimum absolute atomic E-state index is 0.171. The van der Waals surface area contributed by atoms with Crippen LogP contribution in [0, 0.1) is 17.8 Å². The van der Waals surface area contributed by atoms with Crippen LogP contribution >= 0.6 is 0 Å². The van der Waals surface area contributed by atoms with E-state index in [1.54, 1.807) is 6.07 Å². The molecule has 3 heteroatoms. The molecule has 1 aromatic heterocycles. The van der Waals surface area contributed by atoms with Crippen molar-refractivity contribution >= 4 is 6.29 Å². The molecule has 0 saturated carbocycles. The van der Waals surface area contributed by atoms with Crippen molar-refractivity contribution in [3.63, 3.8) is 0 Å². The molecule has 0 radical (unpaired) electrons. The average molecular weight is 163 g/mol. The minimum atomic E-state index is -0.562. The van der Waals surface area contributed by atoms with Crippen LogP contribution in [0.15, 0.2) is 18.3 Å². The molecule has 0 spiro atoms. The predicted octanol–water partition coefficient (Wildman–Crippen LogP) is 1.16. The molecule has 1 aromatic rings. The number of aldehydes is 1. The largest absolute Gasteiger partial charge is 0.302 e. The lowest BCUT2D eigenvalue weighted by molar-refractivity contribution is -0.107. The van der Waals surface area contributed by atoms with E-state index in [1.807, 2.05) is 0 Å². The molecule has 0 N–H and O–H groups in total. The van der Waals surface area contributed by atoms with Crippen molar-refractivity contribution in [1.29, 1.82) is 0 Å². The summed E-state index contributed by atoms with van der Waals surface area (Å²) in [7, 11) is 0. The maximum atomic E-state index is 12.4. The molecule has 1 rings (SSSR count). The molecule has 2 nitrogen and oxygen atoms in total. The third kappa shape index (κ3) is 2.51. The highest BCUT2D eigenvalue weighted by Gasteiger charge is 1.90. The molecule has 1 heterocycles. The number of hydrogen-bond donors (Lipinski definition) is 0. The molecule has 0 fully saturated rings. The van der Waals surface area contributed by atoms with Crippen LogP contribution in [0.4, 0.5) is 4.39 Å². The summed E-state index contributed by atoms with van der Waals surface area (Å²) in [6, 6.07) is 2.80. The second-order valence-electron chi connectivity index (χ2n) is 2.04. The lowest BCUT2D eigenvalue weighted by Crippen LogP contribution is -1.82. The van der Waals surface area contributed by atoms with Crippen LogP contribution in [-0.4, -0.2) is 11.3 Å². The molecule has 0 amide bonds. The fourth-order valence-electron chi connectivity index (χ4n) is 0.675. The van der Waals surface area contributed by atoms with E-state index in [9.17, 15) is 9.18 Å². The summed E-state index contributed by atoms with van der Waals surface area (Å²) in [5, 5.41) is 0. The number of carbonyl (C=O) groups excluding carboxylic acids is 1. The number of pyridine rings is 1. The Morgan fingerprint density at radius 3 is 3.17 bits per heavy atom. The third-order valence-corrected chi connectivity index (χ3v) is 1.14. The molecule has 60 valence electrons. The van der Waals surface area contributed by atoms with Gasteiger partial charge in [0.05, 0.1) is 6.42 Å². The molecule has 0 bridgehead atoms. The molecule has 12 heavy (non-hydrogen) atoms. The summed E-state index contributed by atoms with van der Waals surface area (Å²) in [5.41, 5.74) is 0.532. The van der Waals surface area contributed by atoms with Gasteiger partial charge in [0, 0.05) is 17.8 Å². The lowest BCUT2D eigenvalue weighted by atomic mass is 10.2. The summed E-state index contributed by atoms with van der Waals surface area (Å²) >= 11 is 0. The van der Waals surface area contributed by atoms with Crippen molar-refractivity contribution in [2.24, 2.45) is 0 Å². The molecule has 0 aliphatic heterocycles. The van der Waals surface area contributed by atoms with Gasteiger partial charge in [-0.1, -0.05) is 11.8 Å². The van der Waals surface area contributed by atoms with Gasteiger partial charge in [0.2, 0.25) is 5.95 Å². The highest BCUT2D eigenvalue weighted by molar-refractivity contribution is 5.54. The van der Waals surface area contributed by atoms with Gasteiger partial charge in [-0.3, -0.25) is 0 Å². The van der Waals surface area contributed by atoms with E-state index >= 15 is 0 Å². The van der Waals surface area contributed by atoms with E-state index in [-0.39, 0.29) is 6.42 Å². The van der Waals surface area contributed by atoms with Crippen molar-refractivity contribution in [2.45, 2.75) is 6.42 Å². The van der Waals surface area contributed by atoms with Crippen molar-refractivity contribution in [3.8, 4) is 11.8 Å². The fraction of sp³-hybridized carbons (Fsp3) is 0.111. The quantitative estimate of drug-likeness (QED) is 0.353. The summed E-state index contributed by atoms with van der Waals surface area (Å²) < 4.78 is 12.4.